The van der Waals surface area contributed by atoms with Gasteiger partial charge in [-0.3, -0.25) is 10.1 Å². The van der Waals surface area contributed by atoms with E-state index in [0.717, 1.165) is 0 Å². The van der Waals surface area contributed by atoms with Crippen LogP contribution in [0.15, 0.2) is 5.16 Å². The van der Waals surface area contributed by atoms with Gasteiger partial charge in [-0.25, -0.2) is 0 Å². The zero-order valence-electron chi connectivity index (χ0n) is 7.50. The number of nitrogens with one attached hydrogen (secondary N) is 1. The number of carbonyl (C=O) groups excluding carboxylic acids is 1. The maximum Gasteiger partial charge on any atom is 0.319 e. The lowest BCUT2D eigenvalue weighted by molar-refractivity contribution is -0.139. The van der Waals surface area contributed by atoms with Crippen LogP contribution in [0.3, 0.4) is 0 Å². The van der Waals surface area contributed by atoms with Crippen molar-refractivity contribution in [2.24, 2.45) is 5.16 Å². The van der Waals surface area contributed by atoms with Crippen LogP contribution in [0.4, 0.5) is 0 Å². The first-order valence-electron chi connectivity index (χ1n) is 3.52. The molecule has 0 saturated carbocycles. The van der Waals surface area contributed by atoms with Crippen molar-refractivity contribution in [3.63, 3.8) is 0 Å². The third-order valence-electron chi connectivity index (χ3n) is 1.30. The molecule has 0 saturated heterocycles. The van der Waals surface area contributed by atoms with Gasteiger partial charge in [-0.2, -0.15) is 0 Å². The summed E-state index contributed by atoms with van der Waals surface area (Å²) in [5.74, 6) is -0.352. The van der Waals surface area contributed by atoms with Gasteiger partial charge >= 0.3 is 5.97 Å². The molecule has 0 fully saturated rings. The molecule has 0 amide bonds. The van der Waals surface area contributed by atoms with Gasteiger partial charge in [0, 0.05) is 0 Å². The number of oxime groups is 1. The molecule has 2 N–H and O–H groups in total. The normalized spacial score (nSPS) is 11.9. The van der Waals surface area contributed by atoms with Crippen LogP contribution in [-0.4, -0.2) is 36.6 Å². The molecular formula is C7H14N2O3. The van der Waals surface area contributed by atoms with Crippen LogP contribution < -0.4 is 5.32 Å². The van der Waals surface area contributed by atoms with Gasteiger partial charge in [0.05, 0.1) is 25.4 Å². The molecule has 0 aromatic heterocycles. The van der Waals surface area contributed by atoms with Gasteiger partial charge in [0.25, 0.3) is 0 Å². The first-order valence-corrected chi connectivity index (χ1v) is 3.52. The molecule has 0 bridgehead atoms. The average molecular weight is 174 g/mol. The van der Waals surface area contributed by atoms with E-state index < -0.39 is 5.54 Å². The predicted octanol–water partition coefficient (Wildman–Crippen LogP) is -0.0124. The highest BCUT2D eigenvalue weighted by Crippen LogP contribution is 1.96. The first kappa shape index (κ1) is 10.9. The molecule has 0 aliphatic carbocycles. The van der Waals surface area contributed by atoms with E-state index in [9.17, 15) is 4.79 Å². The summed E-state index contributed by atoms with van der Waals surface area (Å²) in [6, 6.07) is 0. The summed E-state index contributed by atoms with van der Waals surface area (Å²) < 4.78 is 4.42. The molecule has 5 nitrogen and oxygen atoms in total. The van der Waals surface area contributed by atoms with Crippen molar-refractivity contribution in [2.45, 2.75) is 19.4 Å². The second kappa shape index (κ2) is 4.71. The van der Waals surface area contributed by atoms with Crippen LogP contribution in [0.25, 0.3) is 0 Å². The van der Waals surface area contributed by atoms with Gasteiger partial charge < -0.3 is 9.94 Å². The lowest BCUT2D eigenvalue weighted by Crippen LogP contribution is -2.43. The Morgan fingerprint density at radius 3 is 2.75 bits per heavy atom. The minimum absolute atomic E-state index is 0.0928. The largest absolute Gasteiger partial charge is 0.468 e. The Hall–Kier alpha value is -1.10. The van der Waals surface area contributed by atoms with E-state index in [0.29, 0.717) is 0 Å². The van der Waals surface area contributed by atoms with Crippen LogP contribution in [0.1, 0.15) is 13.8 Å². The minimum atomic E-state index is -0.511. The number of hydrogen-bond acceptors (Lipinski definition) is 5. The molecule has 0 aliphatic heterocycles. The lowest BCUT2D eigenvalue weighted by atomic mass is 10.1. The molecule has 0 aliphatic rings. The van der Waals surface area contributed by atoms with Crippen LogP contribution in [0, 0.1) is 0 Å². The van der Waals surface area contributed by atoms with Crippen LogP contribution >= 0.6 is 0 Å². The maximum atomic E-state index is 10.7. The quantitative estimate of drug-likeness (QED) is 0.272. The van der Waals surface area contributed by atoms with Gasteiger partial charge in [-0.05, 0) is 13.8 Å². The molecule has 5 heteroatoms. The van der Waals surface area contributed by atoms with Crippen molar-refractivity contribution in [1.82, 2.24) is 5.32 Å². The number of methoxy groups -OCH3 is 1. The zero-order chi connectivity index (χ0) is 9.61. The van der Waals surface area contributed by atoms with E-state index >= 15 is 0 Å². The third-order valence-corrected chi connectivity index (χ3v) is 1.30. The molecule has 12 heavy (non-hydrogen) atoms. The Morgan fingerprint density at radius 2 is 2.33 bits per heavy atom. The number of carbonyl (C=O) groups is 1. The highest BCUT2D eigenvalue weighted by molar-refractivity contribution is 5.74. The summed E-state index contributed by atoms with van der Waals surface area (Å²) in [6.45, 7) is 3.64. The summed E-state index contributed by atoms with van der Waals surface area (Å²) in [4.78, 5) is 10.7. The van der Waals surface area contributed by atoms with Gasteiger partial charge in [0.1, 0.15) is 0 Å². The van der Waals surface area contributed by atoms with Crippen LogP contribution in [-0.2, 0) is 9.53 Å². The van der Waals surface area contributed by atoms with E-state index in [2.05, 4.69) is 15.2 Å². The molecule has 0 rings (SSSR count). The Labute approximate surface area is 71.4 Å². The molecular weight excluding hydrogens is 160 g/mol. The number of rotatable bonds is 4. The maximum absolute atomic E-state index is 10.7. The van der Waals surface area contributed by atoms with E-state index in [1.807, 2.05) is 0 Å². The van der Waals surface area contributed by atoms with Crippen molar-refractivity contribution in [3.05, 3.63) is 0 Å². The second-order valence-corrected chi connectivity index (χ2v) is 2.90. The molecule has 0 heterocycles. The SMILES string of the molecule is COC(=O)CNC(C)(C)C=NO. The standard InChI is InChI=1S/C7H14N2O3/c1-7(2,5-9-11)8-4-6(10)12-3/h5,8,11H,4H2,1-3H3. The lowest BCUT2D eigenvalue weighted by Gasteiger charge is -2.19. The summed E-state index contributed by atoms with van der Waals surface area (Å²) in [6.07, 6.45) is 1.30. The zero-order valence-corrected chi connectivity index (χ0v) is 7.50. The Balaban J connectivity index is 3.83. The highest BCUT2D eigenvalue weighted by Gasteiger charge is 2.15. The summed E-state index contributed by atoms with van der Waals surface area (Å²) in [5.41, 5.74) is -0.511. The molecule has 0 aromatic carbocycles. The van der Waals surface area contributed by atoms with Crippen LogP contribution in [0.5, 0.6) is 0 Å². The molecule has 0 atom stereocenters. The van der Waals surface area contributed by atoms with E-state index in [-0.39, 0.29) is 12.5 Å². The number of nitrogens with zero attached hydrogens (tertiary/aromatic N) is 1. The van der Waals surface area contributed by atoms with E-state index in [1.54, 1.807) is 13.8 Å². The summed E-state index contributed by atoms with van der Waals surface area (Å²) in [7, 11) is 1.32. The molecule has 0 unspecified atom stereocenters. The van der Waals surface area contributed by atoms with Gasteiger partial charge in [-0.15, -0.1) is 5.16 Å². The smallest absolute Gasteiger partial charge is 0.319 e. The second-order valence-electron chi connectivity index (χ2n) is 2.90. The van der Waals surface area contributed by atoms with Crippen molar-refractivity contribution in [3.8, 4) is 0 Å². The average Bonchev–Trinajstić information content (AvgIpc) is 2.00. The van der Waals surface area contributed by atoms with Gasteiger partial charge in [-0.1, -0.05) is 0 Å². The number of esters is 1. The first-order chi connectivity index (χ1) is 5.52. The Bertz CT molecular complexity index is 177. The van der Waals surface area contributed by atoms with Crippen molar-refractivity contribution in [2.75, 3.05) is 13.7 Å². The number of hydrogen-bond donors (Lipinski definition) is 2. The fourth-order valence-electron chi connectivity index (χ4n) is 0.562. The predicted molar refractivity (Wildman–Crippen MR) is 44.4 cm³/mol. The minimum Gasteiger partial charge on any atom is -0.468 e. The highest BCUT2D eigenvalue weighted by atomic mass is 16.5. The van der Waals surface area contributed by atoms with Crippen molar-refractivity contribution >= 4 is 12.2 Å². The Kier molecular flexibility index (Phi) is 4.28. The molecule has 0 spiro atoms. The monoisotopic (exact) mass is 174 g/mol. The van der Waals surface area contributed by atoms with E-state index in [4.69, 9.17) is 5.21 Å². The van der Waals surface area contributed by atoms with Crippen molar-refractivity contribution in [1.29, 1.82) is 0 Å². The topological polar surface area (TPSA) is 70.9 Å². The van der Waals surface area contributed by atoms with Crippen molar-refractivity contribution < 1.29 is 14.7 Å². The summed E-state index contributed by atoms with van der Waals surface area (Å²) >= 11 is 0. The fraction of sp³-hybridized carbons (Fsp3) is 0.714. The molecule has 0 radical (unpaired) electrons. The summed E-state index contributed by atoms with van der Waals surface area (Å²) in [5, 5.41) is 13.9. The van der Waals surface area contributed by atoms with Crippen LogP contribution in [0.2, 0.25) is 0 Å². The fourth-order valence-corrected chi connectivity index (χ4v) is 0.562. The number of ether oxygens (including phenoxy) is 1. The molecule has 0 aromatic rings. The van der Waals surface area contributed by atoms with Gasteiger partial charge in [0.2, 0.25) is 0 Å². The Morgan fingerprint density at radius 1 is 1.75 bits per heavy atom. The third kappa shape index (κ3) is 4.68. The van der Waals surface area contributed by atoms with E-state index in [1.165, 1.54) is 13.3 Å². The van der Waals surface area contributed by atoms with Gasteiger partial charge in [0.15, 0.2) is 0 Å². The molecule has 70 valence electrons.